The van der Waals surface area contributed by atoms with Crippen molar-refractivity contribution in [3.8, 4) is 10.6 Å². The first-order valence-corrected chi connectivity index (χ1v) is 9.21. The first kappa shape index (κ1) is 19.4. The maximum absolute atomic E-state index is 12.2. The van der Waals surface area contributed by atoms with Crippen LogP contribution in [0.15, 0.2) is 47.8 Å². The standard InChI is InChI=1S/C20H16N2O5S/c1-12-3-6-14(7-4-12)19-21-16(11-28-19)20(24)27-10-18(23)15-8-5-13(2)17(9-15)22(25)26/h3-9,11H,10H2,1-2H3. The van der Waals surface area contributed by atoms with Crippen molar-refractivity contribution < 1.29 is 19.2 Å². The Hall–Kier alpha value is -3.39. The van der Waals surface area contributed by atoms with Gasteiger partial charge >= 0.3 is 5.97 Å². The molecule has 0 atom stereocenters. The highest BCUT2D eigenvalue weighted by Gasteiger charge is 2.18. The number of benzene rings is 2. The van der Waals surface area contributed by atoms with Crippen LogP contribution in [-0.2, 0) is 4.74 Å². The maximum Gasteiger partial charge on any atom is 0.358 e. The molecule has 3 aromatic rings. The summed E-state index contributed by atoms with van der Waals surface area (Å²) in [7, 11) is 0. The molecule has 0 fully saturated rings. The lowest BCUT2D eigenvalue weighted by Crippen LogP contribution is -2.14. The van der Waals surface area contributed by atoms with Crippen LogP contribution in [0.25, 0.3) is 10.6 Å². The molecule has 28 heavy (non-hydrogen) atoms. The number of nitro benzene ring substituents is 1. The number of thiazole rings is 1. The van der Waals surface area contributed by atoms with Gasteiger partial charge in [0.05, 0.1) is 4.92 Å². The van der Waals surface area contributed by atoms with E-state index in [1.165, 1.54) is 29.5 Å². The minimum atomic E-state index is -0.718. The number of aryl methyl sites for hydroxylation is 2. The highest BCUT2D eigenvalue weighted by Crippen LogP contribution is 2.24. The summed E-state index contributed by atoms with van der Waals surface area (Å²) >= 11 is 1.30. The molecule has 142 valence electrons. The molecule has 0 aliphatic rings. The van der Waals surface area contributed by atoms with Gasteiger partial charge in [-0.2, -0.15) is 0 Å². The molecule has 0 aliphatic carbocycles. The zero-order valence-corrected chi connectivity index (χ0v) is 16.0. The van der Waals surface area contributed by atoms with Crippen molar-refractivity contribution in [3.63, 3.8) is 0 Å². The minimum Gasteiger partial charge on any atom is -0.453 e. The minimum absolute atomic E-state index is 0.114. The smallest absolute Gasteiger partial charge is 0.358 e. The van der Waals surface area contributed by atoms with Crippen molar-refractivity contribution in [2.24, 2.45) is 0 Å². The Balaban J connectivity index is 1.66. The predicted molar refractivity (Wildman–Crippen MR) is 105 cm³/mol. The summed E-state index contributed by atoms with van der Waals surface area (Å²) in [5.41, 5.74) is 2.53. The first-order valence-electron chi connectivity index (χ1n) is 8.33. The van der Waals surface area contributed by atoms with Crippen molar-refractivity contribution >= 4 is 28.8 Å². The zero-order chi connectivity index (χ0) is 20.3. The molecule has 3 rings (SSSR count). The normalized spacial score (nSPS) is 10.5. The number of ketones is 1. The van der Waals surface area contributed by atoms with Gasteiger partial charge in [0.25, 0.3) is 5.69 Å². The summed E-state index contributed by atoms with van der Waals surface area (Å²) in [5, 5.41) is 13.2. The average molecular weight is 396 g/mol. The average Bonchev–Trinajstić information content (AvgIpc) is 3.16. The molecule has 0 saturated carbocycles. The van der Waals surface area contributed by atoms with E-state index >= 15 is 0 Å². The molecule has 1 heterocycles. The summed E-state index contributed by atoms with van der Waals surface area (Å²) in [6, 6.07) is 11.9. The van der Waals surface area contributed by atoms with Gasteiger partial charge < -0.3 is 4.74 Å². The quantitative estimate of drug-likeness (QED) is 0.265. The summed E-state index contributed by atoms with van der Waals surface area (Å²) in [4.78, 5) is 39.1. The van der Waals surface area contributed by atoms with Crippen LogP contribution in [0.5, 0.6) is 0 Å². The highest BCUT2D eigenvalue weighted by atomic mass is 32.1. The molecule has 2 aromatic carbocycles. The van der Waals surface area contributed by atoms with Gasteiger partial charge in [-0.05, 0) is 13.8 Å². The molecular weight excluding hydrogens is 380 g/mol. The molecule has 0 radical (unpaired) electrons. The SMILES string of the molecule is Cc1ccc(-c2nc(C(=O)OCC(=O)c3ccc(C)c([N+](=O)[O-])c3)cs2)cc1. The number of Topliss-reactive ketones (excluding diaryl/α,β-unsaturated/α-hetero) is 1. The Morgan fingerprint density at radius 3 is 2.54 bits per heavy atom. The predicted octanol–water partition coefficient (Wildman–Crippen LogP) is 4.37. The van der Waals surface area contributed by atoms with Crippen LogP contribution in [0.4, 0.5) is 5.69 Å². The van der Waals surface area contributed by atoms with E-state index in [1.807, 2.05) is 31.2 Å². The second-order valence-corrected chi connectivity index (χ2v) is 7.02. The van der Waals surface area contributed by atoms with E-state index in [2.05, 4.69) is 4.98 Å². The van der Waals surface area contributed by atoms with Crippen molar-refractivity contribution in [2.75, 3.05) is 6.61 Å². The summed E-state index contributed by atoms with van der Waals surface area (Å²) in [5.74, 6) is -1.24. The van der Waals surface area contributed by atoms with E-state index in [4.69, 9.17) is 4.74 Å². The fourth-order valence-corrected chi connectivity index (χ4v) is 3.26. The number of aromatic nitrogens is 1. The Morgan fingerprint density at radius 2 is 1.86 bits per heavy atom. The van der Waals surface area contributed by atoms with Crippen molar-refractivity contribution in [3.05, 3.63) is 80.3 Å². The van der Waals surface area contributed by atoms with E-state index in [9.17, 15) is 19.7 Å². The van der Waals surface area contributed by atoms with E-state index < -0.39 is 23.3 Å². The molecule has 8 heteroatoms. The molecule has 0 bridgehead atoms. The second kappa shape index (κ2) is 8.10. The molecule has 0 saturated heterocycles. The van der Waals surface area contributed by atoms with Crippen LogP contribution < -0.4 is 0 Å². The second-order valence-electron chi connectivity index (χ2n) is 6.16. The Kier molecular flexibility index (Phi) is 5.60. The van der Waals surface area contributed by atoms with Gasteiger partial charge in [0.15, 0.2) is 12.3 Å². The topological polar surface area (TPSA) is 99.4 Å². The van der Waals surface area contributed by atoms with Crippen LogP contribution in [0, 0.1) is 24.0 Å². The third kappa shape index (κ3) is 4.29. The van der Waals surface area contributed by atoms with Crippen LogP contribution in [0.2, 0.25) is 0 Å². The van der Waals surface area contributed by atoms with E-state index in [0.717, 1.165) is 11.1 Å². The molecule has 0 N–H and O–H groups in total. The number of hydrogen-bond donors (Lipinski definition) is 0. The number of esters is 1. The van der Waals surface area contributed by atoms with Crippen LogP contribution >= 0.6 is 11.3 Å². The van der Waals surface area contributed by atoms with Crippen molar-refractivity contribution in [1.82, 2.24) is 4.98 Å². The lowest BCUT2D eigenvalue weighted by molar-refractivity contribution is -0.385. The van der Waals surface area contributed by atoms with Crippen LogP contribution in [0.1, 0.15) is 32.0 Å². The van der Waals surface area contributed by atoms with Gasteiger partial charge in [-0.3, -0.25) is 14.9 Å². The number of ether oxygens (including phenoxy) is 1. The summed E-state index contributed by atoms with van der Waals surface area (Å²) in [6.45, 7) is 3.05. The Labute approximate surface area is 164 Å². The number of nitrogens with zero attached hydrogens (tertiary/aromatic N) is 2. The number of carbonyl (C=O) groups excluding carboxylic acids is 2. The Morgan fingerprint density at radius 1 is 1.14 bits per heavy atom. The molecular formula is C20H16N2O5S. The fraction of sp³-hybridized carbons (Fsp3) is 0.150. The van der Waals surface area contributed by atoms with Gasteiger partial charge in [-0.1, -0.05) is 42.0 Å². The third-order valence-corrected chi connectivity index (χ3v) is 4.97. The largest absolute Gasteiger partial charge is 0.453 e. The van der Waals surface area contributed by atoms with Crippen molar-refractivity contribution in [2.45, 2.75) is 13.8 Å². The molecule has 0 aliphatic heterocycles. The van der Waals surface area contributed by atoms with E-state index in [1.54, 1.807) is 12.3 Å². The molecule has 0 spiro atoms. The molecule has 0 amide bonds. The Bertz CT molecular complexity index is 1060. The highest BCUT2D eigenvalue weighted by molar-refractivity contribution is 7.13. The summed E-state index contributed by atoms with van der Waals surface area (Å²) < 4.78 is 5.03. The molecule has 0 unspecified atom stereocenters. The van der Waals surface area contributed by atoms with E-state index in [-0.39, 0.29) is 16.9 Å². The number of hydrogen-bond acceptors (Lipinski definition) is 7. The molecule has 1 aromatic heterocycles. The monoisotopic (exact) mass is 396 g/mol. The van der Waals surface area contributed by atoms with Gasteiger partial charge in [0, 0.05) is 28.1 Å². The maximum atomic E-state index is 12.2. The lowest BCUT2D eigenvalue weighted by atomic mass is 10.1. The number of rotatable bonds is 6. The van der Waals surface area contributed by atoms with Gasteiger partial charge in [-0.25, -0.2) is 9.78 Å². The van der Waals surface area contributed by atoms with Crippen molar-refractivity contribution in [1.29, 1.82) is 0 Å². The number of carbonyl (C=O) groups is 2. The number of nitro groups is 1. The van der Waals surface area contributed by atoms with Gasteiger partial charge in [0.1, 0.15) is 5.01 Å². The van der Waals surface area contributed by atoms with Gasteiger partial charge in [0.2, 0.25) is 5.78 Å². The van der Waals surface area contributed by atoms with Crippen LogP contribution in [-0.4, -0.2) is 28.3 Å². The van der Waals surface area contributed by atoms with Crippen LogP contribution in [0.3, 0.4) is 0 Å². The third-order valence-electron chi connectivity index (χ3n) is 4.07. The van der Waals surface area contributed by atoms with Gasteiger partial charge in [-0.15, -0.1) is 11.3 Å². The van der Waals surface area contributed by atoms with E-state index in [0.29, 0.717) is 10.6 Å². The lowest BCUT2D eigenvalue weighted by Gasteiger charge is -2.04. The summed E-state index contributed by atoms with van der Waals surface area (Å²) in [6.07, 6.45) is 0. The fourth-order valence-electron chi connectivity index (χ4n) is 2.46. The zero-order valence-electron chi connectivity index (χ0n) is 15.2. The first-order chi connectivity index (χ1) is 13.3. The molecule has 7 nitrogen and oxygen atoms in total.